The van der Waals surface area contributed by atoms with Crippen LogP contribution in [0.2, 0.25) is 0 Å². The van der Waals surface area contributed by atoms with Gasteiger partial charge in [0.25, 0.3) is 0 Å². The topological polar surface area (TPSA) is 67.5 Å². The van der Waals surface area contributed by atoms with Gasteiger partial charge in [0, 0.05) is 24.0 Å². The summed E-state index contributed by atoms with van der Waals surface area (Å²) < 4.78 is 11.1. The molecule has 0 saturated heterocycles. The molecule has 1 heterocycles. The number of aliphatic hydroxyl groups is 1. The number of rotatable bonds is 8. The van der Waals surface area contributed by atoms with Crippen LogP contribution in [0.25, 0.3) is 11.0 Å². The highest BCUT2D eigenvalue weighted by Crippen LogP contribution is 2.28. The van der Waals surface area contributed by atoms with E-state index in [-0.39, 0.29) is 6.61 Å². The third kappa shape index (κ3) is 4.08. The van der Waals surface area contributed by atoms with Crippen LogP contribution in [0.1, 0.15) is 25.1 Å². The molecule has 1 atom stereocenters. The highest BCUT2D eigenvalue weighted by Gasteiger charge is 2.13. The molecule has 0 amide bonds. The summed E-state index contributed by atoms with van der Waals surface area (Å²) in [5, 5.41) is 18.1. The minimum absolute atomic E-state index is 0.225. The summed E-state index contributed by atoms with van der Waals surface area (Å²) in [5.74, 6) is 0.701. The zero-order valence-electron chi connectivity index (χ0n) is 13.4. The van der Waals surface area contributed by atoms with Crippen LogP contribution in [-0.2, 0) is 6.42 Å². The standard InChI is InChI=1S/C17H24N2O3/c1-5-6-13-7-15-12(4)19-22-17(15)8-16(13)21-10-14(20)9-18-11(2)3/h5,7-8,11,14,18,20H,1,6,9-10H2,2-4H3. The molecule has 0 fully saturated rings. The zero-order valence-corrected chi connectivity index (χ0v) is 13.4. The number of nitrogens with one attached hydrogen (secondary N) is 1. The molecule has 120 valence electrons. The van der Waals surface area contributed by atoms with Gasteiger partial charge in [0.05, 0.1) is 5.69 Å². The molecular weight excluding hydrogens is 280 g/mol. The van der Waals surface area contributed by atoms with Crippen LogP contribution in [-0.4, -0.2) is 35.6 Å². The van der Waals surface area contributed by atoms with Crippen molar-refractivity contribution in [1.29, 1.82) is 0 Å². The molecule has 1 aromatic carbocycles. The van der Waals surface area contributed by atoms with Gasteiger partial charge >= 0.3 is 0 Å². The fourth-order valence-corrected chi connectivity index (χ4v) is 2.20. The summed E-state index contributed by atoms with van der Waals surface area (Å²) in [6, 6.07) is 4.17. The minimum atomic E-state index is -0.564. The second kappa shape index (κ2) is 7.42. The second-order valence-corrected chi connectivity index (χ2v) is 5.74. The van der Waals surface area contributed by atoms with Crippen LogP contribution in [0.15, 0.2) is 29.3 Å². The van der Waals surface area contributed by atoms with Crippen molar-refractivity contribution in [2.45, 2.75) is 39.3 Å². The zero-order chi connectivity index (χ0) is 16.1. The highest BCUT2D eigenvalue weighted by atomic mass is 16.5. The smallest absolute Gasteiger partial charge is 0.170 e. The Labute approximate surface area is 130 Å². The van der Waals surface area contributed by atoms with Crippen LogP contribution in [0, 0.1) is 6.92 Å². The van der Waals surface area contributed by atoms with E-state index in [0.29, 0.717) is 30.3 Å². The van der Waals surface area contributed by atoms with Gasteiger partial charge in [0.2, 0.25) is 0 Å². The summed E-state index contributed by atoms with van der Waals surface area (Å²) in [6.45, 7) is 10.5. The van der Waals surface area contributed by atoms with Crippen molar-refractivity contribution in [2.24, 2.45) is 0 Å². The Bertz CT molecular complexity index is 634. The molecule has 1 aromatic heterocycles. The number of hydrogen-bond donors (Lipinski definition) is 2. The summed E-state index contributed by atoms with van der Waals surface area (Å²) in [5.41, 5.74) is 2.56. The minimum Gasteiger partial charge on any atom is -0.490 e. The Kier molecular flexibility index (Phi) is 5.57. The molecule has 0 aliphatic carbocycles. The molecule has 5 nitrogen and oxygen atoms in total. The van der Waals surface area contributed by atoms with Crippen LogP contribution in [0.3, 0.4) is 0 Å². The maximum Gasteiger partial charge on any atom is 0.170 e. The molecule has 0 spiro atoms. The van der Waals surface area contributed by atoms with Crippen molar-refractivity contribution in [3.8, 4) is 5.75 Å². The quantitative estimate of drug-likeness (QED) is 0.734. The van der Waals surface area contributed by atoms with Crippen LogP contribution in [0.5, 0.6) is 5.75 Å². The maximum absolute atomic E-state index is 9.95. The molecular formula is C17H24N2O3. The van der Waals surface area contributed by atoms with Gasteiger partial charge < -0.3 is 19.7 Å². The largest absolute Gasteiger partial charge is 0.490 e. The third-order valence-electron chi connectivity index (χ3n) is 3.39. The van der Waals surface area contributed by atoms with E-state index in [0.717, 1.165) is 16.6 Å². The normalized spacial score (nSPS) is 12.8. The van der Waals surface area contributed by atoms with Gasteiger partial charge in [-0.3, -0.25) is 0 Å². The first-order chi connectivity index (χ1) is 10.5. The molecule has 5 heteroatoms. The number of allylic oxidation sites excluding steroid dienone is 1. The maximum atomic E-state index is 9.95. The fraction of sp³-hybridized carbons (Fsp3) is 0.471. The van der Waals surface area contributed by atoms with E-state index in [1.807, 2.05) is 39.0 Å². The van der Waals surface area contributed by atoms with Crippen molar-refractivity contribution < 1.29 is 14.4 Å². The predicted molar refractivity (Wildman–Crippen MR) is 87.3 cm³/mol. The molecule has 2 aromatic rings. The number of hydrogen-bond acceptors (Lipinski definition) is 5. The van der Waals surface area contributed by atoms with Crippen molar-refractivity contribution >= 4 is 11.0 Å². The van der Waals surface area contributed by atoms with Gasteiger partial charge in [0.15, 0.2) is 5.58 Å². The Hall–Kier alpha value is -1.85. The molecule has 1 unspecified atom stereocenters. The summed E-state index contributed by atoms with van der Waals surface area (Å²) >= 11 is 0. The number of ether oxygens (including phenoxy) is 1. The molecule has 0 bridgehead atoms. The van der Waals surface area contributed by atoms with E-state index >= 15 is 0 Å². The van der Waals surface area contributed by atoms with E-state index < -0.39 is 6.10 Å². The number of aliphatic hydroxyl groups excluding tert-OH is 1. The van der Waals surface area contributed by atoms with Crippen molar-refractivity contribution in [3.05, 3.63) is 36.0 Å². The molecule has 22 heavy (non-hydrogen) atoms. The van der Waals surface area contributed by atoms with Gasteiger partial charge in [-0.25, -0.2) is 0 Å². The predicted octanol–water partition coefficient (Wildman–Crippen LogP) is 2.60. The first-order valence-corrected chi connectivity index (χ1v) is 7.55. The molecule has 2 N–H and O–H groups in total. The molecule has 0 radical (unpaired) electrons. The van der Waals surface area contributed by atoms with Crippen molar-refractivity contribution in [1.82, 2.24) is 10.5 Å². The first-order valence-electron chi connectivity index (χ1n) is 7.55. The molecule has 0 saturated carbocycles. The lowest BCUT2D eigenvalue weighted by Gasteiger charge is -2.16. The summed E-state index contributed by atoms with van der Waals surface area (Å²) in [4.78, 5) is 0. The first kappa shape index (κ1) is 16.5. The van der Waals surface area contributed by atoms with Gasteiger partial charge in [-0.1, -0.05) is 25.1 Å². The van der Waals surface area contributed by atoms with Gasteiger partial charge in [-0.15, -0.1) is 6.58 Å². The van der Waals surface area contributed by atoms with Gasteiger partial charge in [-0.2, -0.15) is 0 Å². The van der Waals surface area contributed by atoms with E-state index in [1.165, 1.54) is 0 Å². The number of benzene rings is 1. The van der Waals surface area contributed by atoms with E-state index in [2.05, 4.69) is 17.1 Å². The van der Waals surface area contributed by atoms with Gasteiger partial charge in [-0.05, 0) is 25.0 Å². The van der Waals surface area contributed by atoms with Crippen LogP contribution >= 0.6 is 0 Å². The molecule has 0 aliphatic heterocycles. The lowest BCUT2D eigenvalue weighted by molar-refractivity contribution is 0.104. The number of nitrogens with zero attached hydrogens (tertiary/aromatic N) is 1. The Morgan fingerprint density at radius 3 is 2.91 bits per heavy atom. The number of aromatic nitrogens is 1. The average molecular weight is 304 g/mol. The lowest BCUT2D eigenvalue weighted by Crippen LogP contribution is -2.35. The average Bonchev–Trinajstić information content (AvgIpc) is 2.84. The second-order valence-electron chi connectivity index (χ2n) is 5.74. The monoisotopic (exact) mass is 304 g/mol. The highest BCUT2D eigenvalue weighted by molar-refractivity contribution is 5.82. The van der Waals surface area contributed by atoms with Crippen LogP contribution < -0.4 is 10.1 Å². The lowest BCUT2D eigenvalue weighted by atomic mass is 10.1. The van der Waals surface area contributed by atoms with Gasteiger partial charge in [0.1, 0.15) is 18.5 Å². The number of aryl methyl sites for hydroxylation is 1. The third-order valence-corrected chi connectivity index (χ3v) is 3.39. The van der Waals surface area contributed by atoms with E-state index in [4.69, 9.17) is 9.26 Å². The Morgan fingerprint density at radius 1 is 1.45 bits per heavy atom. The van der Waals surface area contributed by atoms with E-state index in [1.54, 1.807) is 0 Å². The number of fused-ring (bicyclic) bond motifs is 1. The van der Waals surface area contributed by atoms with Crippen LogP contribution in [0.4, 0.5) is 0 Å². The Morgan fingerprint density at radius 2 is 2.23 bits per heavy atom. The summed E-state index contributed by atoms with van der Waals surface area (Å²) in [7, 11) is 0. The fourth-order valence-electron chi connectivity index (χ4n) is 2.20. The summed E-state index contributed by atoms with van der Waals surface area (Å²) in [6.07, 6.45) is 1.95. The molecule has 2 rings (SSSR count). The molecule has 0 aliphatic rings. The van der Waals surface area contributed by atoms with Crippen molar-refractivity contribution in [3.63, 3.8) is 0 Å². The van der Waals surface area contributed by atoms with Crippen molar-refractivity contribution in [2.75, 3.05) is 13.2 Å². The Balaban J connectivity index is 2.11. The van der Waals surface area contributed by atoms with E-state index in [9.17, 15) is 5.11 Å². The SMILES string of the molecule is C=CCc1cc2c(C)noc2cc1OCC(O)CNC(C)C.